The van der Waals surface area contributed by atoms with Gasteiger partial charge in [-0.1, -0.05) is 32.9 Å². The highest BCUT2D eigenvalue weighted by Crippen LogP contribution is 2.33. The lowest BCUT2D eigenvalue weighted by molar-refractivity contribution is -0.0101. The predicted molar refractivity (Wildman–Crippen MR) is 82.1 cm³/mol. The van der Waals surface area contributed by atoms with Gasteiger partial charge in [0.1, 0.15) is 5.75 Å². The maximum absolute atomic E-state index is 5.80. The highest BCUT2D eigenvalue weighted by molar-refractivity contribution is 5.30. The second-order valence-electron chi connectivity index (χ2n) is 6.67. The van der Waals surface area contributed by atoms with Crippen molar-refractivity contribution in [2.75, 3.05) is 14.2 Å². The van der Waals surface area contributed by atoms with E-state index >= 15 is 0 Å². The Bertz CT molecular complexity index is 418. The van der Waals surface area contributed by atoms with Gasteiger partial charge in [-0.25, -0.2) is 0 Å². The largest absolute Gasteiger partial charge is 0.490 e. The zero-order valence-corrected chi connectivity index (χ0v) is 13.3. The Kier molecular flexibility index (Phi) is 4.71. The molecular formula is C17H27NO2. The molecule has 1 N–H and O–H groups in total. The first-order chi connectivity index (χ1) is 9.45. The first-order valence-electron chi connectivity index (χ1n) is 7.42. The van der Waals surface area contributed by atoms with Gasteiger partial charge in [0, 0.05) is 7.11 Å². The van der Waals surface area contributed by atoms with Gasteiger partial charge in [0.25, 0.3) is 0 Å². The topological polar surface area (TPSA) is 30.5 Å². The summed E-state index contributed by atoms with van der Waals surface area (Å²) in [6.45, 7) is 6.61. The number of methoxy groups -OCH3 is 1. The van der Waals surface area contributed by atoms with Gasteiger partial charge < -0.3 is 14.8 Å². The van der Waals surface area contributed by atoms with Crippen LogP contribution < -0.4 is 10.1 Å². The van der Waals surface area contributed by atoms with E-state index in [4.69, 9.17) is 9.47 Å². The minimum Gasteiger partial charge on any atom is -0.490 e. The van der Waals surface area contributed by atoms with Crippen LogP contribution in [-0.4, -0.2) is 26.4 Å². The molecule has 0 aromatic heterocycles. The zero-order chi connectivity index (χ0) is 14.8. The van der Waals surface area contributed by atoms with E-state index in [1.54, 1.807) is 7.11 Å². The Morgan fingerprint density at radius 3 is 2.15 bits per heavy atom. The molecule has 2 unspecified atom stereocenters. The monoisotopic (exact) mass is 277 g/mol. The number of nitrogens with one attached hydrogen (secondary N) is 1. The van der Waals surface area contributed by atoms with Gasteiger partial charge in [0.2, 0.25) is 0 Å². The molecule has 1 saturated carbocycles. The minimum atomic E-state index is 0.0750. The van der Waals surface area contributed by atoms with Crippen molar-refractivity contribution in [3.05, 3.63) is 29.8 Å². The summed E-state index contributed by atoms with van der Waals surface area (Å²) in [7, 11) is 3.77. The third kappa shape index (κ3) is 3.74. The van der Waals surface area contributed by atoms with E-state index in [0.29, 0.717) is 6.10 Å². The molecule has 0 heterocycles. The van der Waals surface area contributed by atoms with Gasteiger partial charge in [0.15, 0.2) is 0 Å². The Morgan fingerprint density at radius 1 is 1.15 bits per heavy atom. The van der Waals surface area contributed by atoms with E-state index < -0.39 is 0 Å². The van der Waals surface area contributed by atoms with Gasteiger partial charge in [0.05, 0.1) is 18.2 Å². The molecule has 3 heteroatoms. The summed E-state index contributed by atoms with van der Waals surface area (Å²) < 4.78 is 11.5. The Balaban J connectivity index is 2.13. The third-order valence-electron chi connectivity index (χ3n) is 3.79. The number of likely N-dealkylation sites (N-methyl/N-ethyl adjacent to an activating group) is 1. The lowest BCUT2D eigenvalue weighted by Gasteiger charge is -2.36. The Morgan fingerprint density at radius 2 is 1.75 bits per heavy atom. The molecule has 0 amide bonds. The highest BCUT2D eigenvalue weighted by atomic mass is 16.5. The van der Waals surface area contributed by atoms with Crippen molar-refractivity contribution in [3.8, 4) is 5.75 Å². The highest BCUT2D eigenvalue weighted by Gasteiger charge is 2.32. The summed E-state index contributed by atoms with van der Waals surface area (Å²) in [6, 6.07) is 8.57. The molecule has 0 radical (unpaired) electrons. The zero-order valence-electron chi connectivity index (χ0n) is 13.3. The molecule has 1 aromatic carbocycles. The maximum Gasteiger partial charge on any atom is 0.119 e. The van der Waals surface area contributed by atoms with Crippen LogP contribution in [-0.2, 0) is 4.74 Å². The van der Waals surface area contributed by atoms with Crippen molar-refractivity contribution in [1.29, 1.82) is 0 Å². The standard InChI is InChI=1S/C17H27NO2/c1-17(2,3)16(19-5)15(18-4)12-6-8-13(9-7-12)20-14-10-11-14/h6-9,14-16,18H,10-11H2,1-5H3. The van der Waals surface area contributed by atoms with Gasteiger partial charge in [-0.3, -0.25) is 0 Å². The van der Waals surface area contributed by atoms with Crippen molar-refractivity contribution < 1.29 is 9.47 Å². The quantitative estimate of drug-likeness (QED) is 0.862. The number of ether oxygens (including phenoxy) is 2. The summed E-state index contributed by atoms with van der Waals surface area (Å²) in [4.78, 5) is 0. The average Bonchev–Trinajstić information content (AvgIpc) is 3.19. The van der Waals surface area contributed by atoms with Crippen LogP contribution in [0.4, 0.5) is 0 Å². The summed E-state index contributed by atoms with van der Waals surface area (Å²) in [5.74, 6) is 0.968. The fourth-order valence-electron chi connectivity index (χ4n) is 2.61. The molecule has 0 bridgehead atoms. The number of hydrogen-bond acceptors (Lipinski definition) is 3. The minimum absolute atomic E-state index is 0.0750. The van der Waals surface area contributed by atoms with Crippen LogP contribution in [0.25, 0.3) is 0 Å². The molecule has 3 nitrogen and oxygen atoms in total. The van der Waals surface area contributed by atoms with Crippen LogP contribution in [0, 0.1) is 5.41 Å². The van der Waals surface area contributed by atoms with Crippen molar-refractivity contribution in [2.24, 2.45) is 5.41 Å². The van der Waals surface area contributed by atoms with Gasteiger partial charge in [-0.2, -0.15) is 0 Å². The normalized spacial score (nSPS) is 18.6. The van der Waals surface area contributed by atoms with Crippen molar-refractivity contribution in [1.82, 2.24) is 5.32 Å². The molecule has 20 heavy (non-hydrogen) atoms. The predicted octanol–water partition coefficient (Wildman–Crippen LogP) is 3.55. The Labute approximate surface area is 122 Å². The second kappa shape index (κ2) is 6.15. The molecule has 1 aliphatic rings. The smallest absolute Gasteiger partial charge is 0.119 e. The van der Waals surface area contributed by atoms with Crippen LogP contribution in [0.3, 0.4) is 0 Å². The molecule has 1 aromatic rings. The fourth-order valence-corrected chi connectivity index (χ4v) is 2.61. The molecule has 0 spiro atoms. The molecule has 1 aliphatic carbocycles. The van der Waals surface area contributed by atoms with E-state index in [1.165, 1.54) is 18.4 Å². The van der Waals surface area contributed by atoms with Crippen LogP contribution in [0.15, 0.2) is 24.3 Å². The molecule has 0 aliphatic heterocycles. The van der Waals surface area contributed by atoms with E-state index in [1.807, 2.05) is 7.05 Å². The molecular weight excluding hydrogens is 250 g/mol. The molecule has 2 rings (SSSR count). The summed E-state index contributed by atoms with van der Waals surface area (Å²) in [5.41, 5.74) is 1.31. The first kappa shape index (κ1) is 15.3. The molecule has 112 valence electrons. The van der Waals surface area contributed by atoms with Crippen LogP contribution in [0.1, 0.15) is 45.2 Å². The third-order valence-corrected chi connectivity index (χ3v) is 3.79. The van der Waals surface area contributed by atoms with Gasteiger partial charge in [-0.15, -0.1) is 0 Å². The van der Waals surface area contributed by atoms with E-state index in [9.17, 15) is 0 Å². The Hall–Kier alpha value is -1.06. The van der Waals surface area contributed by atoms with Crippen LogP contribution >= 0.6 is 0 Å². The van der Waals surface area contributed by atoms with E-state index in [0.717, 1.165) is 5.75 Å². The number of rotatable bonds is 6. The molecule has 0 saturated heterocycles. The van der Waals surface area contributed by atoms with E-state index in [-0.39, 0.29) is 17.6 Å². The lowest BCUT2D eigenvalue weighted by atomic mass is 9.82. The summed E-state index contributed by atoms with van der Waals surface area (Å²) in [5, 5.41) is 3.38. The van der Waals surface area contributed by atoms with E-state index in [2.05, 4.69) is 50.4 Å². The van der Waals surface area contributed by atoms with Crippen LogP contribution in [0.5, 0.6) is 5.75 Å². The van der Waals surface area contributed by atoms with Gasteiger partial charge >= 0.3 is 0 Å². The fraction of sp³-hybridized carbons (Fsp3) is 0.647. The molecule has 2 atom stereocenters. The lowest BCUT2D eigenvalue weighted by Crippen LogP contribution is -2.40. The number of benzene rings is 1. The first-order valence-corrected chi connectivity index (χ1v) is 7.42. The van der Waals surface area contributed by atoms with Crippen molar-refractivity contribution in [3.63, 3.8) is 0 Å². The van der Waals surface area contributed by atoms with Gasteiger partial charge in [-0.05, 0) is 43.0 Å². The summed E-state index contributed by atoms with van der Waals surface area (Å²) >= 11 is 0. The SMILES string of the molecule is CNC(c1ccc(OC2CC2)cc1)C(OC)C(C)(C)C. The second-order valence-corrected chi connectivity index (χ2v) is 6.67. The number of hydrogen-bond donors (Lipinski definition) is 1. The van der Waals surface area contributed by atoms with Crippen LogP contribution in [0.2, 0.25) is 0 Å². The molecule has 1 fully saturated rings. The average molecular weight is 277 g/mol. The summed E-state index contributed by atoms with van der Waals surface area (Å²) in [6.07, 6.45) is 2.94. The maximum atomic E-state index is 5.80. The van der Waals surface area contributed by atoms with Crippen molar-refractivity contribution >= 4 is 0 Å². The van der Waals surface area contributed by atoms with Crippen molar-refractivity contribution in [2.45, 2.75) is 51.9 Å².